The fourth-order valence-corrected chi connectivity index (χ4v) is 1.30. The van der Waals surface area contributed by atoms with Crippen molar-refractivity contribution in [1.29, 1.82) is 0 Å². The van der Waals surface area contributed by atoms with Crippen LogP contribution in [0.2, 0.25) is 0 Å². The maximum absolute atomic E-state index is 13.4. The van der Waals surface area contributed by atoms with Gasteiger partial charge in [-0.3, -0.25) is 0 Å². The quantitative estimate of drug-likeness (QED) is 0.540. The smallest absolute Gasteiger partial charge is 0.143 e. The van der Waals surface area contributed by atoms with E-state index in [-0.39, 0.29) is 6.10 Å². The molecular formula is C7H14BFO2. The zero-order valence-electron chi connectivity index (χ0n) is 7.17. The molecule has 1 saturated heterocycles. The highest BCUT2D eigenvalue weighted by molar-refractivity contribution is 6.12. The second-order valence-electron chi connectivity index (χ2n) is 3.54. The molecule has 0 spiro atoms. The van der Waals surface area contributed by atoms with Crippen molar-refractivity contribution in [3.63, 3.8) is 0 Å². The number of halogens is 1. The van der Waals surface area contributed by atoms with Gasteiger partial charge in [-0.15, -0.1) is 0 Å². The van der Waals surface area contributed by atoms with Crippen molar-refractivity contribution in [2.45, 2.75) is 44.1 Å². The summed E-state index contributed by atoms with van der Waals surface area (Å²) in [5.41, 5.74) is -1.28. The second kappa shape index (κ2) is 2.75. The minimum atomic E-state index is -1.28. The molecule has 4 heteroatoms. The molecule has 0 radical (unpaired) electrons. The van der Waals surface area contributed by atoms with Gasteiger partial charge in [0.1, 0.15) is 13.5 Å². The summed E-state index contributed by atoms with van der Waals surface area (Å²) >= 11 is 0. The lowest BCUT2D eigenvalue weighted by molar-refractivity contribution is -0.00953. The van der Waals surface area contributed by atoms with E-state index in [1.165, 1.54) is 6.92 Å². The molecule has 1 rings (SSSR count). The summed E-state index contributed by atoms with van der Waals surface area (Å²) in [6.45, 7) is 3.14. The standard InChI is InChI=1S/C7H14BFO2/c1-4(10)5-3-7(2,9)6(8)11-5/h4-6,10H,3,8H2,1-2H3/t4?,5-,6+,7+/m0/s1. The molecule has 1 unspecified atom stereocenters. The number of rotatable bonds is 1. The van der Waals surface area contributed by atoms with Crippen molar-refractivity contribution in [3.05, 3.63) is 0 Å². The van der Waals surface area contributed by atoms with E-state index in [2.05, 4.69) is 0 Å². The molecule has 64 valence electrons. The molecule has 11 heavy (non-hydrogen) atoms. The Morgan fingerprint density at radius 3 is 2.55 bits per heavy atom. The van der Waals surface area contributed by atoms with Crippen molar-refractivity contribution >= 4 is 7.85 Å². The maximum atomic E-state index is 13.4. The number of hydrogen-bond acceptors (Lipinski definition) is 2. The lowest BCUT2D eigenvalue weighted by atomic mass is 9.85. The summed E-state index contributed by atoms with van der Waals surface area (Å²) in [5, 5.41) is 9.11. The molecule has 0 aromatic heterocycles. The Bertz CT molecular complexity index is 149. The van der Waals surface area contributed by atoms with E-state index >= 15 is 0 Å². The van der Waals surface area contributed by atoms with Gasteiger partial charge in [0.25, 0.3) is 0 Å². The van der Waals surface area contributed by atoms with E-state index in [0.717, 1.165) is 0 Å². The highest BCUT2D eigenvalue weighted by atomic mass is 19.1. The Labute approximate surface area is 67.1 Å². The van der Waals surface area contributed by atoms with Crippen LogP contribution in [-0.4, -0.2) is 36.8 Å². The molecule has 2 nitrogen and oxygen atoms in total. The van der Waals surface area contributed by atoms with Crippen molar-refractivity contribution in [2.24, 2.45) is 0 Å². The van der Waals surface area contributed by atoms with Crippen molar-refractivity contribution in [3.8, 4) is 0 Å². The number of alkyl halides is 1. The van der Waals surface area contributed by atoms with Crippen LogP contribution in [0.5, 0.6) is 0 Å². The van der Waals surface area contributed by atoms with Crippen molar-refractivity contribution in [1.82, 2.24) is 0 Å². The first-order valence-corrected chi connectivity index (χ1v) is 3.96. The van der Waals surface area contributed by atoms with Crippen LogP contribution in [-0.2, 0) is 4.74 Å². The summed E-state index contributed by atoms with van der Waals surface area (Å²) in [6, 6.07) is -0.401. The lowest BCUT2D eigenvalue weighted by Crippen LogP contribution is -2.29. The topological polar surface area (TPSA) is 29.5 Å². The first-order valence-electron chi connectivity index (χ1n) is 3.96. The summed E-state index contributed by atoms with van der Waals surface area (Å²) in [4.78, 5) is 0. The molecule has 1 heterocycles. The van der Waals surface area contributed by atoms with E-state index in [9.17, 15) is 4.39 Å². The van der Waals surface area contributed by atoms with Gasteiger partial charge in [0, 0.05) is 6.42 Å². The van der Waals surface area contributed by atoms with Gasteiger partial charge in [0.05, 0.1) is 18.2 Å². The van der Waals surface area contributed by atoms with Gasteiger partial charge in [-0.1, -0.05) is 0 Å². The van der Waals surface area contributed by atoms with Crippen molar-refractivity contribution in [2.75, 3.05) is 0 Å². The first-order chi connectivity index (χ1) is 4.93. The Hall–Kier alpha value is -0.0851. The Balaban J connectivity index is 2.57. The van der Waals surface area contributed by atoms with Crippen molar-refractivity contribution < 1.29 is 14.2 Å². The molecule has 1 N–H and O–H groups in total. The van der Waals surface area contributed by atoms with Gasteiger partial charge < -0.3 is 9.84 Å². The van der Waals surface area contributed by atoms with Gasteiger partial charge in [0.15, 0.2) is 0 Å². The van der Waals surface area contributed by atoms with Crippen LogP contribution >= 0.6 is 0 Å². The van der Waals surface area contributed by atoms with E-state index in [1.807, 2.05) is 0 Å². The van der Waals surface area contributed by atoms with Crippen LogP contribution in [0.4, 0.5) is 4.39 Å². The molecule has 1 aliphatic rings. The van der Waals surface area contributed by atoms with Gasteiger partial charge in [-0.2, -0.15) is 0 Å². The van der Waals surface area contributed by atoms with E-state index in [1.54, 1.807) is 14.8 Å². The Morgan fingerprint density at radius 2 is 2.36 bits per heavy atom. The molecule has 0 saturated carbocycles. The second-order valence-corrected chi connectivity index (χ2v) is 3.54. The highest BCUT2D eigenvalue weighted by Crippen LogP contribution is 2.33. The molecule has 1 aliphatic heterocycles. The normalized spacial score (nSPS) is 47.6. The van der Waals surface area contributed by atoms with Gasteiger partial charge in [-0.25, -0.2) is 4.39 Å². The SMILES string of the molecule is B[C@@H]1O[C@H](C(C)O)C[C@@]1(C)F. The minimum Gasteiger partial charge on any atom is -0.391 e. The predicted octanol–water partition coefficient (Wildman–Crippen LogP) is -0.157. The zero-order chi connectivity index (χ0) is 8.65. The first kappa shape index (κ1) is 9.01. The third-order valence-electron chi connectivity index (χ3n) is 2.36. The predicted molar refractivity (Wildman–Crippen MR) is 43.0 cm³/mol. The molecule has 0 aromatic carbocycles. The zero-order valence-corrected chi connectivity index (χ0v) is 7.17. The minimum absolute atomic E-state index is 0.297. The van der Waals surface area contributed by atoms with Gasteiger partial charge in [-0.05, 0) is 13.8 Å². The van der Waals surface area contributed by atoms with Crippen LogP contribution in [0.25, 0.3) is 0 Å². The van der Waals surface area contributed by atoms with Crippen LogP contribution in [0, 0.1) is 0 Å². The maximum Gasteiger partial charge on any atom is 0.143 e. The molecule has 0 bridgehead atoms. The Kier molecular flexibility index (Phi) is 2.26. The summed E-state index contributed by atoms with van der Waals surface area (Å²) in [7, 11) is 1.70. The number of aliphatic hydroxyl groups is 1. The fourth-order valence-electron chi connectivity index (χ4n) is 1.30. The van der Waals surface area contributed by atoms with Gasteiger partial charge in [0.2, 0.25) is 0 Å². The average molecular weight is 160 g/mol. The van der Waals surface area contributed by atoms with Crippen LogP contribution in [0.1, 0.15) is 20.3 Å². The largest absolute Gasteiger partial charge is 0.391 e. The van der Waals surface area contributed by atoms with E-state index in [0.29, 0.717) is 6.42 Å². The molecule has 0 amide bonds. The summed E-state index contributed by atoms with van der Waals surface area (Å²) in [5.74, 6) is 0. The number of aliphatic hydroxyl groups excluding tert-OH is 1. The summed E-state index contributed by atoms with van der Waals surface area (Å²) in [6.07, 6.45) is -0.610. The molecular weight excluding hydrogens is 146 g/mol. The van der Waals surface area contributed by atoms with E-state index < -0.39 is 17.8 Å². The van der Waals surface area contributed by atoms with Crippen LogP contribution in [0.15, 0.2) is 0 Å². The summed E-state index contributed by atoms with van der Waals surface area (Å²) < 4.78 is 18.6. The molecule has 0 aromatic rings. The van der Waals surface area contributed by atoms with Crippen LogP contribution in [0.3, 0.4) is 0 Å². The monoisotopic (exact) mass is 160 g/mol. The Morgan fingerprint density at radius 1 is 1.82 bits per heavy atom. The average Bonchev–Trinajstić information content (AvgIpc) is 2.08. The molecule has 0 aliphatic carbocycles. The van der Waals surface area contributed by atoms with Gasteiger partial charge >= 0.3 is 0 Å². The highest BCUT2D eigenvalue weighted by Gasteiger charge is 2.43. The molecule has 4 atom stereocenters. The number of hydrogen-bond donors (Lipinski definition) is 1. The van der Waals surface area contributed by atoms with Crippen LogP contribution < -0.4 is 0 Å². The lowest BCUT2D eigenvalue weighted by Gasteiger charge is -2.15. The third-order valence-corrected chi connectivity index (χ3v) is 2.36. The molecule has 1 fully saturated rings. The fraction of sp³-hybridized carbons (Fsp3) is 1.00. The number of ether oxygens (including phenoxy) is 1. The third kappa shape index (κ3) is 1.74. The van der Waals surface area contributed by atoms with E-state index in [4.69, 9.17) is 9.84 Å².